The molecule has 4 heterocycles. The van der Waals surface area contributed by atoms with Gasteiger partial charge in [-0.3, -0.25) is 4.55 Å². The summed E-state index contributed by atoms with van der Waals surface area (Å²) in [6.45, 7) is 6.05. The van der Waals surface area contributed by atoms with Gasteiger partial charge in [-0.1, -0.05) is 41.1 Å². The Hall–Kier alpha value is -1.53. The minimum atomic E-state index is -2.19. The molecule has 6 rings (SSSR count). The van der Waals surface area contributed by atoms with Crippen LogP contribution in [0.3, 0.4) is 0 Å². The fraction of sp³-hybridized carbons (Fsp3) is 0.455. The molecule has 2 bridgehead atoms. The molecule has 5 heteroatoms. The van der Waals surface area contributed by atoms with Gasteiger partial charge in [0.15, 0.2) is 6.10 Å². The Labute approximate surface area is 162 Å². The first kappa shape index (κ1) is 17.6. The van der Waals surface area contributed by atoms with E-state index in [0.29, 0.717) is 17.9 Å². The largest absolute Gasteiger partial charge is 0.497 e. The Morgan fingerprint density at radius 3 is 2.96 bits per heavy atom. The van der Waals surface area contributed by atoms with Crippen molar-refractivity contribution < 1.29 is 17.4 Å². The molecule has 0 aromatic heterocycles. The molecule has 5 unspecified atom stereocenters. The normalized spacial score (nSPS) is 42.5. The van der Waals surface area contributed by atoms with E-state index < -0.39 is 10.8 Å². The number of quaternary nitrogens is 1. The van der Waals surface area contributed by atoms with E-state index in [4.69, 9.17) is 8.92 Å². The van der Waals surface area contributed by atoms with Crippen LogP contribution in [0.4, 0.5) is 0 Å². The summed E-state index contributed by atoms with van der Waals surface area (Å²) < 4.78 is 24.2. The van der Waals surface area contributed by atoms with Crippen LogP contribution in [-0.2, 0) is 4.18 Å². The van der Waals surface area contributed by atoms with E-state index in [2.05, 4.69) is 43.0 Å². The van der Waals surface area contributed by atoms with E-state index in [9.17, 15) is 4.55 Å². The summed E-state index contributed by atoms with van der Waals surface area (Å²) in [4.78, 5) is 0. The Morgan fingerprint density at radius 2 is 2.19 bits per heavy atom. The standard InChI is InChI=1S/C22H27NO3S/c1-4-15-14-23-11-10-17(15)12-21(23)22(26-27(23,3)24)19-7-5-6-16-8-9-18(25-2)13-20(16)19/h4-9,13,15,17,21-22H,1,10-12,14H2,2-3H3/p+1/t15?,17?,21?,22?,23-/m0/s1. The molecule has 2 aromatic carbocycles. The number of ether oxygens (including phenoxy) is 1. The lowest BCUT2D eigenvalue weighted by Crippen LogP contribution is -2.64. The molecule has 0 amide bonds. The minimum Gasteiger partial charge on any atom is -0.497 e. The van der Waals surface area contributed by atoms with Gasteiger partial charge in [0.2, 0.25) is 0 Å². The monoisotopic (exact) mass is 386 g/mol. The maximum atomic E-state index is 11.5. The lowest BCUT2D eigenvalue weighted by atomic mass is 9.73. The van der Waals surface area contributed by atoms with Gasteiger partial charge >= 0.3 is 0 Å². The first-order valence-electron chi connectivity index (χ1n) is 9.74. The Balaban J connectivity index is 1.64. The molecule has 4 saturated heterocycles. The Morgan fingerprint density at radius 1 is 1.33 bits per heavy atom. The zero-order valence-corrected chi connectivity index (χ0v) is 16.8. The highest BCUT2D eigenvalue weighted by Crippen LogP contribution is 2.70. The zero-order valence-electron chi connectivity index (χ0n) is 16.0. The molecule has 4 nitrogen and oxygen atoms in total. The number of rotatable bonds is 3. The number of benzene rings is 2. The SMILES string of the molecule is C=CC1C[N@@+]23CCC1CC2C(c1cccc2ccc(OC)cc12)OS3(C)O. The van der Waals surface area contributed by atoms with Gasteiger partial charge < -0.3 is 4.74 Å². The van der Waals surface area contributed by atoms with E-state index in [1.807, 2.05) is 12.3 Å². The van der Waals surface area contributed by atoms with Crippen LogP contribution in [0.25, 0.3) is 10.8 Å². The van der Waals surface area contributed by atoms with Crippen molar-refractivity contribution >= 4 is 21.5 Å². The number of nitrogens with zero attached hydrogens (tertiary/aromatic N) is 1. The van der Waals surface area contributed by atoms with Gasteiger partial charge in [-0.05, 0) is 34.4 Å². The van der Waals surface area contributed by atoms with E-state index in [-0.39, 0.29) is 6.10 Å². The van der Waals surface area contributed by atoms with Crippen molar-refractivity contribution in [3.8, 4) is 5.75 Å². The van der Waals surface area contributed by atoms with Gasteiger partial charge in [0, 0.05) is 18.8 Å². The maximum Gasteiger partial charge on any atom is 0.166 e. The smallest absolute Gasteiger partial charge is 0.166 e. The molecule has 27 heavy (non-hydrogen) atoms. The molecule has 4 aliphatic rings. The van der Waals surface area contributed by atoms with Crippen LogP contribution in [0.5, 0.6) is 5.75 Å². The van der Waals surface area contributed by atoms with Gasteiger partial charge in [0.1, 0.15) is 24.9 Å². The summed E-state index contributed by atoms with van der Waals surface area (Å²) in [5, 5.41) is 2.35. The number of piperidine rings is 3. The van der Waals surface area contributed by atoms with Crippen LogP contribution < -0.4 is 4.74 Å². The highest BCUT2D eigenvalue weighted by molar-refractivity contribution is 8.19. The van der Waals surface area contributed by atoms with Crippen LogP contribution in [0.15, 0.2) is 49.1 Å². The molecular weight excluding hydrogens is 358 g/mol. The molecule has 144 valence electrons. The predicted octanol–water partition coefficient (Wildman–Crippen LogP) is 5.07. The third-order valence-electron chi connectivity index (χ3n) is 7.19. The summed E-state index contributed by atoms with van der Waals surface area (Å²) in [6, 6.07) is 12.9. The number of hydrogen-bond donors (Lipinski definition) is 1. The molecule has 0 saturated carbocycles. The lowest BCUT2D eigenvalue weighted by molar-refractivity contribution is -0.852. The third-order valence-corrected chi connectivity index (χ3v) is 9.72. The Kier molecular flexibility index (Phi) is 3.89. The molecule has 1 N–H and O–H groups in total. The average Bonchev–Trinajstić information content (AvgIpc) is 2.94. The van der Waals surface area contributed by atoms with E-state index in [0.717, 1.165) is 35.6 Å². The van der Waals surface area contributed by atoms with E-state index in [1.165, 1.54) is 16.3 Å². The van der Waals surface area contributed by atoms with Gasteiger partial charge in [-0.15, -0.1) is 6.58 Å². The second kappa shape index (κ2) is 5.98. The summed E-state index contributed by atoms with van der Waals surface area (Å²) in [5.74, 6) is 2.01. The second-order valence-corrected chi connectivity index (χ2v) is 10.8. The summed E-state index contributed by atoms with van der Waals surface area (Å²) in [6.07, 6.45) is 6.24. The predicted molar refractivity (Wildman–Crippen MR) is 111 cm³/mol. The van der Waals surface area contributed by atoms with Crippen molar-refractivity contribution in [2.45, 2.75) is 25.0 Å². The summed E-state index contributed by atoms with van der Waals surface area (Å²) in [5.41, 5.74) is 1.18. The van der Waals surface area contributed by atoms with Crippen molar-refractivity contribution in [2.75, 3.05) is 26.5 Å². The average molecular weight is 387 g/mol. The van der Waals surface area contributed by atoms with Crippen LogP contribution in [0.2, 0.25) is 0 Å². The second-order valence-electron chi connectivity index (χ2n) is 8.32. The first-order valence-corrected chi connectivity index (χ1v) is 11.6. The summed E-state index contributed by atoms with van der Waals surface area (Å²) in [7, 11) is -0.487. The van der Waals surface area contributed by atoms with Gasteiger partial charge in [0.25, 0.3) is 0 Å². The molecule has 4 fully saturated rings. The van der Waals surface area contributed by atoms with Crippen LogP contribution >= 0.6 is 10.8 Å². The topological polar surface area (TPSA) is 38.7 Å². The quantitative estimate of drug-likeness (QED) is 0.591. The number of hydrogen-bond acceptors (Lipinski definition) is 3. The molecular formula is C22H28NO3S+. The van der Waals surface area contributed by atoms with Crippen molar-refractivity contribution in [3.63, 3.8) is 0 Å². The highest BCUT2D eigenvalue weighted by Gasteiger charge is 2.65. The third kappa shape index (κ3) is 2.35. The lowest BCUT2D eigenvalue weighted by Gasteiger charge is -2.58. The molecule has 1 spiro atoms. The molecule has 4 aliphatic heterocycles. The van der Waals surface area contributed by atoms with Crippen molar-refractivity contribution in [1.29, 1.82) is 0 Å². The fourth-order valence-corrected chi connectivity index (χ4v) is 8.13. The molecule has 0 aliphatic carbocycles. The molecule has 6 atom stereocenters. The van der Waals surface area contributed by atoms with E-state index >= 15 is 0 Å². The highest BCUT2D eigenvalue weighted by atomic mass is 32.3. The molecule has 0 radical (unpaired) electrons. The number of methoxy groups -OCH3 is 1. The van der Waals surface area contributed by atoms with Gasteiger partial charge in [0.05, 0.1) is 13.4 Å². The van der Waals surface area contributed by atoms with Gasteiger partial charge in [-0.2, -0.15) is 0 Å². The van der Waals surface area contributed by atoms with Crippen LogP contribution in [0.1, 0.15) is 24.5 Å². The van der Waals surface area contributed by atoms with Crippen molar-refractivity contribution in [2.24, 2.45) is 11.8 Å². The maximum absolute atomic E-state index is 11.5. The van der Waals surface area contributed by atoms with Crippen LogP contribution in [-0.4, -0.2) is 40.9 Å². The number of fused-ring (bicyclic) bond motifs is 3. The minimum absolute atomic E-state index is 0.0700. The Bertz CT molecular complexity index is 914. The van der Waals surface area contributed by atoms with E-state index in [1.54, 1.807) is 7.11 Å². The van der Waals surface area contributed by atoms with Crippen molar-refractivity contribution in [1.82, 2.24) is 0 Å². The summed E-state index contributed by atoms with van der Waals surface area (Å²) >= 11 is 0. The van der Waals surface area contributed by atoms with Crippen molar-refractivity contribution in [3.05, 3.63) is 54.6 Å². The molecule has 2 aromatic rings. The van der Waals surface area contributed by atoms with Crippen LogP contribution in [0, 0.1) is 11.8 Å². The fourth-order valence-electron chi connectivity index (χ4n) is 5.74. The van der Waals surface area contributed by atoms with Gasteiger partial charge in [-0.25, -0.2) is 8.07 Å². The first-order chi connectivity index (χ1) is 13.0. The zero-order chi connectivity index (χ0) is 18.8.